The van der Waals surface area contributed by atoms with Crippen LogP contribution in [0.15, 0.2) is 24.3 Å². The van der Waals surface area contributed by atoms with Gasteiger partial charge in [0.25, 0.3) is 0 Å². The fourth-order valence-corrected chi connectivity index (χ4v) is 2.59. The van der Waals surface area contributed by atoms with Gasteiger partial charge in [-0.2, -0.15) is 0 Å². The smallest absolute Gasteiger partial charge is 0.246 e. The van der Waals surface area contributed by atoms with E-state index in [0.29, 0.717) is 6.54 Å². The van der Waals surface area contributed by atoms with Crippen LogP contribution in [0.5, 0.6) is 0 Å². The molecule has 0 aliphatic carbocycles. The third-order valence-corrected chi connectivity index (χ3v) is 3.78. The zero-order valence-electron chi connectivity index (χ0n) is 13.2. The van der Waals surface area contributed by atoms with Crippen LogP contribution in [0.1, 0.15) is 13.3 Å². The number of amides is 1. The van der Waals surface area contributed by atoms with E-state index < -0.39 is 0 Å². The summed E-state index contributed by atoms with van der Waals surface area (Å²) in [5.74, 6) is 0.179. The van der Waals surface area contributed by atoms with Crippen LogP contribution in [0.3, 0.4) is 0 Å². The number of rotatable bonds is 6. The first-order chi connectivity index (χ1) is 10.1. The molecule has 0 spiro atoms. The van der Waals surface area contributed by atoms with E-state index in [2.05, 4.69) is 29.6 Å². The van der Waals surface area contributed by atoms with E-state index in [1.807, 2.05) is 36.1 Å². The van der Waals surface area contributed by atoms with Crippen LogP contribution in [0.4, 0.5) is 11.4 Å². The molecule has 1 aliphatic heterocycles. The summed E-state index contributed by atoms with van der Waals surface area (Å²) in [5.41, 5.74) is 2.07. The minimum absolute atomic E-state index is 0.179. The number of likely N-dealkylation sites (N-methyl/N-ethyl adjacent to an activating group) is 1. The van der Waals surface area contributed by atoms with Crippen LogP contribution in [-0.2, 0) is 4.79 Å². The molecule has 1 amide bonds. The van der Waals surface area contributed by atoms with Crippen LogP contribution in [0.2, 0.25) is 0 Å². The highest BCUT2D eigenvalue weighted by molar-refractivity contribution is 5.88. The van der Waals surface area contributed by atoms with Gasteiger partial charge < -0.3 is 20.4 Å². The first-order valence-corrected chi connectivity index (χ1v) is 7.64. The van der Waals surface area contributed by atoms with Gasteiger partial charge in [-0.1, -0.05) is 12.1 Å². The van der Waals surface area contributed by atoms with Gasteiger partial charge in [0.05, 0.1) is 11.4 Å². The zero-order chi connectivity index (χ0) is 15.2. The molecule has 0 fully saturated rings. The lowest BCUT2D eigenvalue weighted by Gasteiger charge is -2.32. The topological polar surface area (TPSA) is 47.6 Å². The van der Waals surface area contributed by atoms with Crippen molar-refractivity contribution in [2.75, 3.05) is 50.9 Å². The van der Waals surface area contributed by atoms with Gasteiger partial charge in [-0.3, -0.25) is 4.79 Å². The molecule has 2 N–H and O–H groups in total. The maximum absolute atomic E-state index is 12.6. The van der Waals surface area contributed by atoms with Crippen molar-refractivity contribution < 1.29 is 4.79 Å². The number of hydrogen-bond acceptors (Lipinski definition) is 4. The zero-order valence-corrected chi connectivity index (χ0v) is 13.2. The van der Waals surface area contributed by atoms with Crippen molar-refractivity contribution in [3.8, 4) is 0 Å². The molecule has 2 rings (SSSR count). The number of fused-ring (bicyclic) bond motifs is 1. The van der Waals surface area contributed by atoms with Crippen LogP contribution in [-0.4, -0.2) is 62.0 Å². The normalized spacial score (nSPS) is 16.9. The van der Waals surface area contributed by atoms with Crippen molar-refractivity contribution in [2.24, 2.45) is 0 Å². The lowest BCUT2D eigenvalue weighted by Crippen LogP contribution is -2.48. The summed E-state index contributed by atoms with van der Waals surface area (Å²) in [7, 11) is 4.11. The first kappa shape index (κ1) is 15.6. The Morgan fingerprint density at radius 2 is 1.95 bits per heavy atom. The number of hydrogen-bond donors (Lipinski definition) is 2. The fourth-order valence-electron chi connectivity index (χ4n) is 2.59. The average molecular weight is 290 g/mol. The lowest BCUT2D eigenvalue weighted by molar-refractivity contribution is -0.131. The van der Waals surface area contributed by atoms with Crippen molar-refractivity contribution >= 4 is 17.3 Å². The molecule has 1 aliphatic rings. The van der Waals surface area contributed by atoms with Gasteiger partial charge in [0, 0.05) is 19.6 Å². The molecule has 1 aromatic rings. The highest BCUT2D eigenvalue weighted by Crippen LogP contribution is 2.25. The Hall–Kier alpha value is -1.75. The molecule has 0 radical (unpaired) electrons. The maximum atomic E-state index is 12.6. The van der Waals surface area contributed by atoms with E-state index in [1.54, 1.807) is 0 Å². The van der Waals surface area contributed by atoms with Crippen molar-refractivity contribution in [3.63, 3.8) is 0 Å². The van der Waals surface area contributed by atoms with E-state index >= 15 is 0 Å². The van der Waals surface area contributed by atoms with Gasteiger partial charge in [0.2, 0.25) is 5.91 Å². The number of benzene rings is 1. The van der Waals surface area contributed by atoms with E-state index in [-0.39, 0.29) is 11.9 Å². The number of anilines is 2. The second-order valence-electron chi connectivity index (χ2n) is 5.70. The van der Waals surface area contributed by atoms with Crippen molar-refractivity contribution in [1.82, 2.24) is 9.80 Å². The SMILES string of the molecule is CCN(CCCN(C)C)C(=O)C1CNc2ccccc2N1. The monoisotopic (exact) mass is 290 g/mol. The summed E-state index contributed by atoms with van der Waals surface area (Å²) in [6.45, 7) is 5.25. The Bertz CT molecular complexity index is 475. The van der Waals surface area contributed by atoms with Gasteiger partial charge in [-0.05, 0) is 46.1 Å². The molecule has 0 saturated carbocycles. The molecule has 1 aromatic carbocycles. The van der Waals surface area contributed by atoms with Gasteiger partial charge >= 0.3 is 0 Å². The van der Waals surface area contributed by atoms with Crippen LogP contribution in [0, 0.1) is 0 Å². The summed E-state index contributed by atoms with van der Waals surface area (Å²) in [6.07, 6.45) is 1.00. The highest BCUT2D eigenvalue weighted by Gasteiger charge is 2.26. The minimum atomic E-state index is -0.181. The summed E-state index contributed by atoms with van der Waals surface area (Å²) >= 11 is 0. The highest BCUT2D eigenvalue weighted by atomic mass is 16.2. The molecule has 1 atom stereocenters. The predicted octanol–water partition coefficient (Wildman–Crippen LogP) is 1.69. The Morgan fingerprint density at radius 1 is 1.24 bits per heavy atom. The van der Waals surface area contributed by atoms with E-state index in [0.717, 1.165) is 37.4 Å². The van der Waals surface area contributed by atoms with Gasteiger partial charge in [-0.25, -0.2) is 0 Å². The van der Waals surface area contributed by atoms with Crippen LogP contribution in [0.25, 0.3) is 0 Å². The second kappa shape index (κ2) is 7.31. The van der Waals surface area contributed by atoms with Gasteiger partial charge in [0.15, 0.2) is 0 Å². The van der Waals surface area contributed by atoms with E-state index in [4.69, 9.17) is 0 Å². The molecule has 116 valence electrons. The molecular formula is C16H26N4O. The van der Waals surface area contributed by atoms with Gasteiger partial charge in [-0.15, -0.1) is 0 Å². The summed E-state index contributed by atoms with van der Waals surface area (Å²) in [6, 6.07) is 7.82. The summed E-state index contributed by atoms with van der Waals surface area (Å²) < 4.78 is 0. The molecule has 5 nitrogen and oxygen atoms in total. The number of nitrogens with zero attached hydrogens (tertiary/aromatic N) is 2. The van der Waals surface area contributed by atoms with Crippen LogP contribution >= 0.6 is 0 Å². The number of carbonyl (C=O) groups is 1. The summed E-state index contributed by atoms with van der Waals surface area (Å²) in [5, 5.41) is 6.68. The Labute approximate surface area is 127 Å². The number of carbonyl (C=O) groups excluding carboxylic acids is 1. The minimum Gasteiger partial charge on any atom is -0.381 e. The Kier molecular flexibility index (Phi) is 5.44. The molecule has 1 heterocycles. The number of para-hydroxylation sites is 2. The van der Waals surface area contributed by atoms with Gasteiger partial charge in [0.1, 0.15) is 6.04 Å². The maximum Gasteiger partial charge on any atom is 0.246 e. The third kappa shape index (κ3) is 4.11. The number of nitrogens with one attached hydrogen (secondary N) is 2. The molecule has 1 unspecified atom stereocenters. The fraction of sp³-hybridized carbons (Fsp3) is 0.562. The Morgan fingerprint density at radius 3 is 2.62 bits per heavy atom. The molecule has 0 aromatic heterocycles. The molecule has 0 bridgehead atoms. The molecular weight excluding hydrogens is 264 g/mol. The van der Waals surface area contributed by atoms with Crippen molar-refractivity contribution in [1.29, 1.82) is 0 Å². The van der Waals surface area contributed by atoms with Crippen LogP contribution < -0.4 is 10.6 Å². The van der Waals surface area contributed by atoms with E-state index in [9.17, 15) is 4.79 Å². The largest absolute Gasteiger partial charge is 0.381 e. The lowest BCUT2D eigenvalue weighted by atomic mass is 10.1. The first-order valence-electron chi connectivity index (χ1n) is 7.64. The Balaban J connectivity index is 1.93. The third-order valence-electron chi connectivity index (χ3n) is 3.78. The summed E-state index contributed by atoms with van der Waals surface area (Å²) in [4.78, 5) is 16.7. The van der Waals surface area contributed by atoms with Crippen molar-refractivity contribution in [3.05, 3.63) is 24.3 Å². The van der Waals surface area contributed by atoms with Crippen molar-refractivity contribution in [2.45, 2.75) is 19.4 Å². The standard InChI is InChI=1S/C16H26N4O/c1-4-20(11-7-10-19(2)3)16(21)15-12-17-13-8-5-6-9-14(13)18-15/h5-6,8-9,15,17-18H,4,7,10-12H2,1-3H3. The average Bonchev–Trinajstić information content (AvgIpc) is 2.50. The predicted molar refractivity (Wildman–Crippen MR) is 87.8 cm³/mol. The molecule has 5 heteroatoms. The molecule has 21 heavy (non-hydrogen) atoms. The van der Waals surface area contributed by atoms with E-state index in [1.165, 1.54) is 0 Å². The molecule has 0 saturated heterocycles. The quantitative estimate of drug-likeness (QED) is 0.837. The second-order valence-corrected chi connectivity index (χ2v) is 5.70.